The summed E-state index contributed by atoms with van der Waals surface area (Å²) >= 11 is 0. The van der Waals surface area contributed by atoms with Crippen LogP contribution in [-0.4, -0.2) is 55.5 Å². The Balaban J connectivity index is 1.77. The Bertz CT molecular complexity index is 493. The van der Waals surface area contributed by atoms with Crippen LogP contribution in [0, 0.1) is 11.3 Å². The third kappa shape index (κ3) is 3.97. The van der Waals surface area contributed by atoms with Gasteiger partial charge in [0.2, 0.25) is 5.91 Å². The summed E-state index contributed by atoms with van der Waals surface area (Å²) in [7, 11) is 1.85. The molecule has 106 valence electrons. The van der Waals surface area contributed by atoms with Crippen LogP contribution in [0.1, 0.15) is 12.0 Å². The van der Waals surface area contributed by atoms with E-state index in [1.54, 1.807) is 29.2 Å². The van der Waals surface area contributed by atoms with E-state index in [-0.39, 0.29) is 5.91 Å². The molecule has 1 saturated heterocycles. The number of nitriles is 1. The van der Waals surface area contributed by atoms with Crippen molar-refractivity contribution in [3.8, 4) is 11.8 Å². The van der Waals surface area contributed by atoms with Crippen LogP contribution < -0.4 is 4.74 Å². The Labute approximate surface area is 119 Å². The van der Waals surface area contributed by atoms with E-state index in [2.05, 4.69) is 11.0 Å². The number of nitrogens with zero attached hydrogens (tertiary/aromatic N) is 3. The molecule has 0 N–H and O–H groups in total. The monoisotopic (exact) mass is 273 g/mol. The van der Waals surface area contributed by atoms with Crippen LogP contribution in [0.25, 0.3) is 0 Å². The fourth-order valence-corrected chi connectivity index (χ4v) is 2.16. The maximum Gasteiger partial charge on any atom is 0.236 e. The predicted octanol–water partition coefficient (Wildman–Crippen LogP) is 1.10. The van der Waals surface area contributed by atoms with Gasteiger partial charge in [-0.3, -0.25) is 9.69 Å². The van der Waals surface area contributed by atoms with Gasteiger partial charge in [-0.2, -0.15) is 5.26 Å². The zero-order valence-corrected chi connectivity index (χ0v) is 11.7. The second-order valence-electron chi connectivity index (χ2n) is 4.93. The SMILES string of the molecule is CN1CCCN(CCOc2ccc(C#N)cc2)CC1=O. The van der Waals surface area contributed by atoms with Crippen LogP contribution in [0.15, 0.2) is 24.3 Å². The molecule has 5 heteroatoms. The van der Waals surface area contributed by atoms with Crippen molar-refractivity contribution in [3.05, 3.63) is 29.8 Å². The van der Waals surface area contributed by atoms with Gasteiger partial charge in [-0.05, 0) is 30.7 Å². The van der Waals surface area contributed by atoms with Gasteiger partial charge in [-0.1, -0.05) is 0 Å². The third-order valence-corrected chi connectivity index (χ3v) is 3.41. The Morgan fingerprint density at radius 2 is 2.05 bits per heavy atom. The topological polar surface area (TPSA) is 56.6 Å². The lowest BCUT2D eigenvalue weighted by Gasteiger charge is -2.19. The molecule has 1 heterocycles. The van der Waals surface area contributed by atoms with E-state index in [1.807, 2.05) is 7.05 Å². The maximum atomic E-state index is 11.7. The van der Waals surface area contributed by atoms with Crippen molar-refractivity contribution < 1.29 is 9.53 Å². The van der Waals surface area contributed by atoms with Gasteiger partial charge in [0.25, 0.3) is 0 Å². The van der Waals surface area contributed by atoms with E-state index >= 15 is 0 Å². The van der Waals surface area contributed by atoms with Gasteiger partial charge >= 0.3 is 0 Å². The van der Waals surface area contributed by atoms with Crippen molar-refractivity contribution in [2.75, 3.05) is 39.8 Å². The molecule has 1 aromatic carbocycles. The van der Waals surface area contributed by atoms with Gasteiger partial charge in [-0.25, -0.2) is 0 Å². The first-order valence-corrected chi connectivity index (χ1v) is 6.78. The quantitative estimate of drug-likeness (QED) is 0.824. The first-order chi connectivity index (χ1) is 9.69. The third-order valence-electron chi connectivity index (χ3n) is 3.41. The molecule has 1 aliphatic rings. The molecule has 2 rings (SSSR count). The van der Waals surface area contributed by atoms with Crippen LogP contribution in [0.5, 0.6) is 5.75 Å². The molecule has 1 fully saturated rings. The van der Waals surface area contributed by atoms with E-state index in [0.29, 0.717) is 18.7 Å². The van der Waals surface area contributed by atoms with Crippen LogP contribution in [0.4, 0.5) is 0 Å². The Kier molecular flexibility index (Phi) is 4.97. The number of rotatable bonds is 4. The number of hydrogen-bond acceptors (Lipinski definition) is 4. The summed E-state index contributed by atoms with van der Waals surface area (Å²) in [5.74, 6) is 0.920. The summed E-state index contributed by atoms with van der Waals surface area (Å²) in [6.07, 6.45) is 0.999. The second kappa shape index (κ2) is 6.92. The largest absolute Gasteiger partial charge is 0.492 e. The molecule has 0 aliphatic carbocycles. The fraction of sp³-hybridized carbons (Fsp3) is 0.467. The van der Waals surface area contributed by atoms with Crippen LogP contribution >= 0.6 is 0 Å². The van der Waals surface area contributed by atoms with Crippen molar-refractivity contribution in [2.45, 2.75) is 6.42 Å². The lowest BCUT2D eigenvalue weighted by atomic mass is 10.2. The van der Waals surface area contributed by atoms with Crippen LogP contribution in [0.2, 0.25) is 0 Å². The van der Waals surface area contributed by atoms with E-state index in [1.165, 1.54) is 0 Å². The Morgan fingerprint density at radius 3 is 2.75 bits per heavy atom. The zero-order chi connectivity index (χ0) is 14.4. The van der Waals surface area contributed by atoms with Crippen molar-refractivity contribution in [2.24, 2.45) is 0 Å². The molecule has 0 radical (unpaired) electrons. The smallest absolute Gasteiger partial charge is 0.236 e. The number of carbonyl (C=O) groups excluding carboxylic acids is 1. The van der Waals surface area contributed by atoms with Crippen LogP contribution in [-0.2, 0) is 4.79 Å². The molecule has 0 atom stereocenters. The molecule has 5 nitrogen and oxygen atoms in total. The summed E-state index contributed by atoms with van der Waals surface area (Å²) in [5.41, 5.74) is 0.624. The minimum absolute atomic E-state index is 0.167. The normalized spacial score (nSPS) is 16.6. The molecular weight excluding hydrogens is 254 g/mol. The average molecular weight is 273 g/mol. The van der Waals surface area contributed by atoms with Crippen molar-refractivity contribution in [3.63, 3.8) is 0 Å². The second-order valence-corrected chi connectivity index (χ2v) is 4.93. The van der Waals surface area contributed by atoms with Gasteiger partial charge in [0.05, 0.1) is 18.2 Å². The average Bonchev–Trinajstić information content (AvgIpc) is 2.62. The predicted molar refractivity (Wildman–Crippen MR) is 75.3 cm³/mol. The molecule has 0 spiro atoms. The van der Waals surface area contributed by atoms with E-state index in [9.17, 15) is 4.79 Å². The van der Waals surface area contributed by atoms with Crippen molar-refractivity contribution in [1.29, 1.82) is 5.26 Å². The first kappa shape index (κ1) is 14.4. The highest BCUT2D eigenvalue weighted by atomic mass is 16.5. The van der Waals surface area contributed by atoms with Gasteiger partial charge in [0, 0.05) is 26.7 Å². The number of amides is 1. The molecule has 0 saturated carbocycles. The van der Waals surface area contributed by atoms with Gasteiger partial charge in [0.15, 0.2) is 0 Å². The minimum Gasteiger partial charge on any atom is -0.492 e. The summed E-state index contributed by atoms with van der Waals surface area (Å²) in [6, 6.07) is 9.13. The highest BCUT2D eigenvalue weighted by Crippen LogP contribution is 2.11. The summed E-state index contributed by atoms with van der Waals surface area (Å²) < 4.78 is 5.64. The first-order valence-electron chi connectivity index (χ1n) is 6.78. The zero-order valence-electron chi connectivity index (χ0n) is 11.7. The number of ether oxygens (including phenoxy) is 1. The molecular formula is C15H19N3O2. The van der Waals surface area contributed by atoms with Gasteiger partial charge in [0.1, 0.15) is 12.4 Å². The molecule has 0 unspecified atom stereocenters. The van der Waals surface area contributed by atoms with E-state index in [4.69, 9.17) is 10.00 Å². The van der Waals surface area contributed by atoms with Crippen molar-refractivity contribution >= 4 is 5.91 Å². The lowest BCUT2D eigenvalue weighted by molar-refractivity contribution is -0.129. The number of likely N-dealkylation sites (N-methyl/N-ethyl adjacent to an activating group) is 1. The van der Waals surface area contributed by atoms with Gasteiger partial charge < -0.3 is 9.64 Å². The minimum atomic E-state index is 0.167. The Morgan fingerprint density at radius 1 is 1.30 bits per heavy atom. The summed E-state index contributed by atoms with van der Waals surface area (Å²) in [5, 5.41) is 8.71. The number of hydrogen-bond donors (Lipinski definition) is 0. The highest BCUT2D eigenvalue weighted by molar-refractivity contribution is 5.78. The Hall–Kier alpha value is -2.06. The fourth-order valence-electron chi connectivity index (χ4n) is 2.16. The summed E-state index contributed by atoms with van der Waals surface area (Å²) in [4.78, 5) is 15.6. The molecule has 1 amide bonds. The van der Waals surface area contributed by atoms with Gasteiger partial charge in [-0.15, -0.1) is 0 Å². The molecule has 0 bridgehead atoms. The number of benzene rings is 1. The standard InChI is InChI=1S/C15H19N3O2/c1-17-7-2-8-18(12-15(17)19)9-10-20-14-5-3-13(11-16)4-6-14/h3-6H,2,7-10,12H2,1H3. The van der Waals surface area contributed by atoms with Crippen LogP contribution in [0.3, 0.4) is 0 Å². The van der Waals surface area contributed by atoms with Crippen molar-refractivity contribution in [1.82, 2.24) is 9.80 Å². The lowest BCUT2D eigenvalue weighted by Crippen LogP contribution is -2.36. The molecule has 1 aliphatic heterocycles. The molecule has 20 heavy (non-hydrogen) atoms. The highest BCUT2D eigenvalue weighted by Gasteiger charge is 2.18. The molecule has 1 aromatic rings. The number of carbonyl (C=O) groups is 1. The van der Waals surface area contributed by atoms with E-state index < -0.39 is 0 Å². The summed E-state index contributed by atoms with van der Waals surface area (Å²) in [6.45, 7) is 3.49. The maximum absolute atomic E-state index is 11.7. The molecule has 0 aromatic heterocycles. The van der Waals surface area contributed by atoms with E-state index in [0.717, 1.165) is 31.8 Å².